The molecule has 0 radical (unpaired) electrons. The summed E-state index contributed by atoms with van der Waals surface area (Å²) in [6.07, 6.45) is 0. The zero-order valence-electron chi connectivity index (χ0n) is 16.6. The predicted molar refractivity (Wildman–Crippen MR) is 117 cm³/mol. The van der Waals surface area contributed by atoms with Crippen LogP contribution in [0.4, 0.5) is 0 Å². The highest BCUT2D eigenvalue weighted by Crippen LogP contribution is 2.29. The summed E-state index contributed by atoms with van der Waals surface area (Å²) < 4.78 is 38.5. The number of carbonyl (C=O) groups excluding carboxylic acids is 1. The van der Waals surface area contributed by atoms with Crippen LogP contribution in [0.25, 0.3) is 10.1 Å². The Kier molecular flexibility index (Phi) is 6.70. The Morgan fingerprint density at radius 3 is 2.57 bits per heavy atom. The molecule has 0 aliphatic carbocycles. The Bertz CT molecular complexity index is 1200. The summed E-state index contributed by atoms with van der Waals surface area (Å²) >= 11 is 1.59. The number of hydrogen-bond donors (Lipinski definition) is 2. The van der Waals surface area contributed by atoms with E-state index in [9.17, 15) is 13.2 Å². The van der Waals surface area contributed by atoms with E-state index in [0.29, 0.717) is 11.5 Å². The number of hydrazone groups is 1. The summed E-state index contributed by atoms with van der Waals surface area (Å²) in [4.78, 5) is 12.1. The van der Waals surface area contributed by atoms with Gasteiger partial charge in [0.15, 0.2) is 11.5 Å². The van der Waals surface area contributed by atoms with Gasteiger partial charge >= 0.3 is 0 Å². The normalized spacial score (nSPS) is 12.0. The van der Waals surface area contributed by atoms with Gasteiger partial charge < -0.3 is 9.47 Å². The Labute approximate surface area is 178 Å². The Balaban J connectivity index is 1.64. The predicted octanol–water partition coefficient (Wildman–Crippen LogP) is 2.74. The van der Waals surface area contributed by atoms with Crippen LogP contribution in [-0.4, -0.2) is 40.8 Å². The minimum absolute atomic E-state index is 0.0441. The molecular weight excluding hydrogens is 426 g/mol. The average molecular weight is 448 g/mol. The van der Waals surface area contributed by atoms with Crippen LogP contribution in [-0.2, 0) is 14.8 Å². The van der Waals surface area contributed by atoms with Gasteiger partial charge in [0.25, 0.3) is 5.91 Å². The molecule has 2 N–H and O–H groups in total. The van der Waals surface area contributed by atoms with Crippen molar-refractivity contribution in [2.75, 3.05) is 20.8 Å². The van der Waals surface area contributed by atoms with Crippen molar-refractivity contribution < 1.29 is 22.7 Å². The molecule has 0 aliphatic heterocycles. The van der Waals surface area contributed by atoms with Gasteiger partial charge in [-0.05, 0) is 25.1 Å². The second kappa shape index (κ2) is 9.24. The number of benzene rings is 2. The molecule has 0 saturated carbocycles. The van der Waals surface area contributed by atoms with Crippen LogP contribution in [0.5, 0.6) is 11.5 Å². The fourth-order valence-corrected chi connectivity index (χ4v) is 4.73. The van der Waals surface area contributed by atoms with Crippen LogP contribution >= 0.6 is 11.3 Å². The highest BCUT2D eigenvalue weighted by Gasteiger charge is 2.18. The third kappa shape index (κ3) is 4.78. The van der Waals surface area contributed by atoms with Crippen LogP contribution in [0.2, 0.25) is 0 Å². The number of ether oxygens (including phenoxy) is 2. The Hall–Kier alpha value is -2.95. The number of amides is 1. The van der Waals surface area contributed by atoms with Gasteiger partial charge in [0.05, 0.1) is 31.4 Å². The first-order valence-electron chi connectivity index (χ1n) is 8.87. The van der Waals surface area contributed by atoms with Gasteiger partial charge in [0, 0.05) is 27.1 Å². The Morgan fingerprint density at radius 1 is 1.10 bits per heavy atom. The van der Waals surface area contributed by atoms with Crippen LogP contribution in [0.15, 0.2) is 57.8 Å². The molecule has 0 fully saturated rings. The molecule has 2 aromatic carbocycles. The van der Waals surface area contributed by atoms with Gasteiger partial charge in [-0.25, -0.2) is 18.6 Å². The van der Waals surface area contributed by atoms with Crippen LogP contribution in [0, 0.1) is 0 Å². The highest BCUT2D eigenvalue weighted by molar-refractivity contribution is 7.89. The first-order chi connectivity index (χ1) is 14.4. The van der Waals surface area contributed by atoms with E-state index in [1.54, 1.807) is 18.3 Å². The molecule has 1 amide bonds. The topological polar surface area (TPSA) is 106 Å². The molecule has 0 bridgehead atoms. The summed E-state index contributed by atoms with van der Waals surface area (Å²) in [6.45, 7) is 1.32. The standard InChI is InChI=1S/C20H21N3O5S2/c1-13(16-12-29-19-7-5-4-6-15(16)19)22-23-20(24)11-21-30(25,26)14-8-9-17(27-2)18(10-14)28-3/h4-10,12,21H,11H2,1-3H3,(H,23,24)/b22-13+. The number of nitrogens with zero attached hydrogens (tertiary/aromatic N) is 1. The number of hydrogen-bond acceptors (Lipinski definition) is 7. The minimum atomic E-state index is -3.92. The maximum absolute atomic E-state index is 12.5. The van der Waals surface area contributed by atoms with E-state index < -0.39 is 22.5 Å². The molecule has 0 unspecified atom stereocenters. The summed E-state index contributed by atoms with van der Waals surface area (Å²) in [5.74, 6) is 0.0888. The van der Waals surface area contributed by atoms with Crippen LogP contribution in [0.3, 0.4) is 0 Å². The molecule has 0 atom stereocenters. The van der Waals surface area contributed by atoms with Crippen molar-refractivity contribution in [1.82, 2.24) is 10.1 Å². The molecule has 158 valence electrons. The maximum atomic E-state index is 12.5. The molecule has 1 aromatic heterocycles. The van der Waals surface area contributed by atoms with E-state index in [0.717, 1.165) is 15.6 Å². The number of carbonyl (C=O) groups is 1. The zero-order valence-corrected chi connectivity index (χ0v) is 18.3. The third-order valence-electron chi connectivity index (χ3n) is 4.31. The van der Waals surface area contributed by atoms with E-state index in [4.69, 9.17) is 9.47 Å². The molecular formula is C20H21N3O5S2. The molecule has 3 rings (SSSR count). The van der Waals surface area contributed by atoms with Gasteiger partial charge in [0.1, 0.15) is 0 Å². The summed E-state index contributed by atoms with van der Waals surface area (Å²) in [6, 6.07) is 12.1. The van der Waals surface area contributed by atoms with Crippen molar-refractivity contribution in [2.24, 2.45) is 5.10 Å². The zero-order chi connectivity index (χ0) is 21.7. The fourth-order valence-electron chi connectivity index (χ4n) is 2.73. The second-order valence-electron chi connectivity index (χ2n) is 6.22. The molecule has 0 aliphatic rings. The van der Waals surface area contributed by atoms with Crippen molar-refractivity contribution in [3.8, 4) is 11.5 Å². The molecule has 0 spiro atoms. The second-order valence-corrected chi connectivity index (χ2v) is 8.90. The lowest BCUT2D eigenvalue weighted by Gasteiger charge is -2.10. The van der Waals surface area contributed by atoms with Crippen molar-refractivity contribution in [1.29, 1.82) is 0 Å². The van der Waals surface area contributed by atoms with Crippen LogP contribution < -0.4 is 19.6 Å². The van der Waals surface area contributed by atoms with E-state index in [2.05, 4.69) is 15.2 Å². The van der Waals surface area contributed by atoms with Gasteiger partial charge in [-0.1, -0.05) is 18.2 Å². The minimum Gasteiger partial charge on any atom is -0.493 e. The highest BCUT2D eigenvalue weighted by atomic mass is 32.2. The maximum Gasteiger partial charge on any atom is 0.255 e. The molecule has 10 heteroatoms. The molecule has 30 heavy (non-hydrogen) atoms. The quantitative estimate of drug-likeness (QED) is 0.408. The molecule has 3 aromatic rings. The molecule has 0 saturated heterocycles. The van der Waals surface area contributed by atoms with Gasteiger partial charge in [0.2, 0.25) is 10.0 Å². The fraction of sp³-hybridized carbons (Fsp3) is 0.200. The van der Waals surface area contributed by atoms with E-state index >= 15 is 0 Å². The summed E-state index contributed by atoms with van der Waals surface area (Å²) in [7, 11) is -1.05. The monoisotopic (exact) mass is 447 g/mol. The first-order valence-corrected chi connectivity index (χ1v) is 11.2. The van der Waals surface area contributed by atoms with Crippen molar-refractivity contribution in [3.63, 3.8) is 0 Å². The number of fused-ring (bicyclic) bond motifs is 1. The summed E-state index contributed by atoms with van der Waals surface area (Å²) in [5, 5.41) is 7.11. The number of methoxy groups -OCH3 is 2. The smallest absolute Gasteiger partial charge is 0.255 e. The Morgan fingerprint density at radius 2 is 1.83 bits per heavy atom. The summed E-state index contributed by atoms with van der Waals surface area (Å²) in [5.41, 5.74) is 3.93. The van der Waals surface area contributed by atoms with E-state index in [-0.39, 0.29) is 10.6 Å². The molecule has 1 heterocycles. The number of thiophene rings is 1. The SMILES string of the molecule is COc1ccc(S(=O)(=O)NCC(=O)N/N=C(\C)c2csc3ccccc23)cc1OC. The van der Waals surface area contributed by atoms with E-state index in [1.165, 1.54) is 32.4 Å². The lowest BCUT2D eigenvalue weighted by atomic mass is 10.1. The van der Waals surface area contributed by atoms with Crippen molar-refractivity contribution in [3.05, 3.63) is 53.4 Å². The van der Waals surface area contributed by atoms with Crippen molar-refractivity contribution >= 4 is 43.1 Å². The number of nitrogens with one attached hydrogen (secondary N) is 2. The van der Waals surface area contributed by atoms with Crippen molar-refractivity contribution in [2.45, 2.75) is 11.8 Å². The molecule has 8 nitrogen and oxygen atoms in total. The van der Waals surface area contributed by atoms with Gasteiger partial charge in [-0.15, -0.1) is 11.3 Å². The number of sulfonamides is 1. The lowest BCUT2D eigenvalue weighted by molar-refractivity contribution is -0.119. The number of rotatable bonds is 8. The van der Waals surface area contributed by atoms with Crippen LogP contribution in [0.1, 0.15) is 12.5 Å². The van der Waals surface area contributed by atoms with Gasteiger partial charge in [-0.3, -0.25) is 4.79 Å². The largest absolute Gasteiger partial charge is 0.493 e. The third-order valence-corrected chi connectivity index (χ3v) is 6.67. The first kappa shape index (κ1) is 21.8. The van der Waals surface area contributed by atoms with Gasteiger partial charge in [-0.2, -0.15) is 5.10 Å². The van der Waals surface area contributed by atoms with E-state index in [1.807, 2.05) is 29.6 Å². The lowest BCUT2D eigenvalue weighted by Crippen LogP contribution is -2.35. The average Bonchev–Trinajstić information content (AvgIpc) is 3.19.